The first-order chi connectivity index (χ1) is 18.8. The van der Waals surface area contributed by atoms with Gasteiger partial charge in [0.2, 0.25) is 0 Å². The van der Waals surface area contributed by atoms with Crippen LogP contribution in [0.4, 0.5) is 0 Å². The zero-order valence-corrected chi connectivity index (χ0v) is 20.9. The second-order valence-electron chi connectivity index (χ2n) is 9.93. The number of aromatic amines is 2. The smallest absolute Gasteiger partial charge is 0.159 e. The molecule has 0 atom stereocenters. The summed E-state index contributed by atoms with van der Waals surface area (Å²) >= 11 is 0. The molecule has 6 aromatic rings. The first-order valence-corrected chi connectivity index (χ1v) is 13.1. The molecule has 188 valence electrons. The Hall–Kier alpha value is -4.50. The summed E-state index contributed by atoms with van der Waals surface area (Å²) in [5, 5.41) is 12.2. The molecule has 1 aliphatic carbocycles. The Kier molecular flexibility index (Phi) is 5.82. The Morgan fingerprint density at radius 2 is 1.79 bits per heavy atom. The van der Waals surface area contributed by atoms with Crippen LogP contribution in [0.15, 0.2) is 67.5 Å². The highest BCUT2D eigenvalue weighted by atomic mass is 15.1. The molecular formula is C29H27N9. The number of pyridine rings is 4. The highest BCUT2D eigenvalue weighted by Crippen LogP contribution is 2.31. The van der Waals surface area contributed by atoms with E-state index in [1.807, 2.05) is 42.9 Å². The molecule has 9 nitrogen and oxygen atoms in total. The van der Waals surface area contributed by atoms with Gasteiger partial charge in [0.15, 0.2) is 5.82 Å². The average Bonchev–Trinajstić information content (AvgIpc) is 3.73. The van der Waals surface area contributed by atoms with Gasteiger partial charge in [-0.25, -0.2) is 4.98 Å². The number of hydrogen-bond donors (Lipinski definition) is 3. The van der Waals surface area contributed by atoms with Crippen molar-refractivity contribution >= 4 is 21.9 Å². The Morgan fingerprint density at radius 1 is 0.868 bits per heavy atom. The molecule has 0 bridgehead atoms. The maximum atomic E-state index is 4.90. The van der Waals surface area contributed by atoms with Crippen molar-refractivity contribution in [1.82, 2.24) is 45.4 Å². The molecule has 0 saturated heterocycles. The Bertz CT molecular complexity index is 1710. The fourth-order valence-electron chi connectivity index (χ4n) is 5.38. The van der Waals surface area contributed by atoms with Crippen molar-refractivity contribution in [2.45, 2.75) is 32.2 Å². The monoisotopic (exact) mass is 501 g/mol. The normalized spacial score (nSPS) is 14.1. The van der Waals surface area contributed by atoms with Crippen LogP contribution in [0.2, 0.25) is 0 Å². The van der Waals surface area contributed by atoms with Crippen molar-refractivity contribution in [3.63, 3.8) is 0 Å². The van der Waals surface area contributed by atoms with Gasteiger partial charge in [-0.15, -0.1) is 0 Å². The van der Waals surface area contributed by atoms with Crippen LogP contribution < -0.4 is 5.32 Å². The maximum Gasteiger partial charge on any atom is 0.159 e. The van der Waals surface area contributed by atoms with Gasteiger partial charge >= 0.3 is 0 Å². The minimum atomic E-state index is 0.671. The van der Waals surface area contributed by atoms with Crippen LogP contribution in [0.1, 0.15) is 31.2 Å². The molecule has 7 rings (SSSR count). The molecule has 0 spiro atoms. The Labute approximate surface area is 219 Å². The van der Waals surface area contributed by atoms with Crippen LogP contribution in [0.5, 0.6) is 0 Å². The van der Waals surface area contributed by atoms with E-state index >= 15 is 0 Å². The number of rotatable bonds is 7. The zero-order chi connectivity index (χ0) is 25.3. The summed E-state index contributed by atoms with van der Waals surface area (Å²) in [5.41, 5.74) is 7.93. The summed E-state index contributed by atoms with van der Waals surface area (Å²) in [6.45, 7) is 1.88. The van der Waals surface area contributed by atoms with E-state index in [-0.39, 0.29) is 0 Å². The predicted octanol–water partition coefficient (Wildman–Crippen LogP) is 5.30. The van der Waals surface area contributed by atoms with Crippen LogP contribution in [0.25, 0.3) is 56.0 Å². The third-order valence-corrected chi connectivity index (χ3v) is 7.33. The van der Waals surface area contributed by atoms with Crippen molar-refractivity contribution in [2.75, 3.05) is 6.54 Å². The van der Waals surface area contributed by atoms with Gasteiger partial charge in [-0.05, 0) is 61.2 Å². The van der Waals surface area contributed by atoms with Gasteiger partial charge in [-0.3, -0.25) is 25.0 Å². The van der Waals surface area contributed by atoms with Gasteiger partial charge < -0.3 is 10.3 Å². The molecule has 1 saturated carbocycles. The third kappa shape index (κ3) is 4.31. The zero-order valence-electron chi connectivity index (χ0n) is 20.9. The van der Waals surface area contributed by atoms with Crippen LogP contribution in [0, 0.1) is 5.92 Å². The van der Waals surface area contributed by atoms with E-state index in [1.54, 1.807) is 18.6 Å². The van der Waals surface area contributed by atoms with Gasteiger partial charge in [0, 0.05) is 54.0 Å². The number of aromatic nitrogens is 8. The van der Waals surface area contributed by atoms with E-state index in [0.717, 1.165) is 74.7 Å². The van der Waals surface area contributed by atoms with Gasteiger partial charge in [-0.1, -0.05) is 12.8 Å². The molecular weight excluding hydrogens is 474 g/mol. The summed E-state index contributed by atoms with van der Waals surface area (Å²) in [7, 11) is 0. The number of hydrogen-bond acceptors (Lipinski definition) is 7. The van der Waals surface area contributed by atoms with E-state index < -0.39 is 0 Å². The minimum absolute atomic E-state index is 0.671. The first kappa shape index (κ1) is 22.7. The molecule has 6 heterocycles. The van der Waals surface area contributed by atoms with E-state index in [4.69, 9.17) is 4.98 Å². The molecule has 1 aliphatic rings. The lowest BCUT2D eigenvalue weighted by molar-refractivity contribution is 0.489. The van der Waals surface area contributed by atoms with E-state index in [2.05, 4.69) is 46.5 Å². The molecule has 0 amide bonds. The van der Waals surface area contributed by atoms with Gasteiger partial charge in [0.25, 0.3) is 0 Å². The lowest BCUT2D eigenvalue weighted by atomic mass is 10.1. The molecule has 0 unspecified atom stereocenters. The van der Waals surface area contributed by atoms with Crippen molar-refractivity contribution in [1.29, 1.82) is 0 Å². The molecule has 0 aliphatic heterocycles. The summed E-state index contributed by atoms with van der Waals surface area (Å²) < 4.78 is 0. The molecule has 38 heavy (non-hydrogen) atoms. The molecule has 9 heteroatoms. The summed E-state index contributed by atoms with van der Waals surface area (Å²) in [5.74, 6) is 1.48. The first-order valence-electron chi connectivity index (χ1n) is 13.1. The van der Waals surface area contributed by atoms with Gasteiger partial charge in [0.1, 0.15) is 11.2 Å². The van der Waals surface area contributed by atoms with Crippen LogP contribution in [-0.2, 0) is 6.54 Å². The topological polar surface area (TPSA) is 121 Å². The van der Waals surface area contributed by atoms with Crippen molar-refractivity contribution in [3.05, 3.63) is 73.1 Å². The van der Waals surface area contributed by atoms with Crippen molar-refractivity contribution < 1.29 is 0 Å². The number of fused-ring (bicyclic) bond motifs is 2. The third-order valence-electron chi connectivity index (χ3n) is 7.33. The fourth-order valence-corrected chi connectivity index (χ4v) is 5.38. The largest absolute Gasteiger partial charge is 0.336 e. The van der Waals surface area contributed by atoms with Gasteiger partial charge in [-0.2, -0.15) is 5.10 Å². The lowest BCUT2D eigenvalue weighted by Gasteiger charge is -2.11. The number of H-pyrrole nitrogens is 2. The van der Waals surface area contributed by atoms with Crippen molar-refractivity contribution in [2.24, 2.45) is 5.92 Å². The molecule has 0 aromatic carbocycles. The lowest BCUT2D eigenvalue weighted by Crippen LogP contribution is -2.20. The van der Waals surface area contributed by atoms with E-state index in [1.165, 1.54) is 25.7 Å². The second-order valence-corrected chi connectivity index (χ2v) is 9.93. The van der Waals surface area contributed by atoms with Crippen LogP contribution >= 0.6 is 0 Å². The number of nitrogens with one attached hydrogen (secondary N) is 3. The van der Waals surface area contributed by atoms with Gasteiger partial charge in [0.05, 0.1) is 28.6 Å². The standard InChI is InChI=1S/C29H27N9/c1-2-5-18(4-1)12-31-13-19-10-21(16-32-14-19)24-11-22-25(17-34-24)37-38-27(22)29-35-23-7-9-33-26(28(23)36-29)20-6-3-8-30-15-20/h3,6-11,14-18,31H,1-2,4-5,12-13H2,(H,35,36)(H,37,38). The summed E-state index contributed by atoms with van der Waals surface area (Å²) in [6, 6.07) is 10.0. The Morgan fingerprint density at radius 3 is 2.68 bits per heavy atom. The quantitative estimate of drug-likeness (QED) is 0.271. The number of imidazole rings is 1. The van der Waals surface area contributed by atoms with Crippen molar-refractivity contribution in [3.8, 4) is 34.0 Å². The molecule has 3 N–H and O–H groups in total. The summed E-state index contributed by atoms with van der Waals surface area (Å²) in [6.07, 6.45) is 16.3. The molecule has 1 fully saturated rings. The summed E-state index contributed by atoms with van der Waals surface area (Å²) in [4.78, 5) is 26.3. The SMILES string of the molecule is c1cncc(-c2nccc3[nH]c(-c4n[nH]c5cnc(-c6cncc(CNCC7CCCC7)c6)cc45)nc23)c1. The van der Waals surface area contributed by atoms with Crippen LogP contribution in [0.3, 0.4) is 0 Å². The Balaban J connectivity index is 1.20. The predicted molar refractivity (Wildman–Crippen MR) is 147 cm³/mol. The van der Waals surface area contributed by atoms with E-state index in [9.17, 15) is 0 Å². The molecule has 0 radical (unpaired) electrons. The maximum absolute atomic E-state index is 4.90. The molecule has 6 aromatic heterocycles. The fraction of sp³-hybridized carbons (Fsp3) is 0.241. The average molecular weight is 502 g/mol. The highest BCUT2D eigenvalue weighted by molar-refractivity contribution is 5.96. The second kappa shape index (κ2) is 9.75. The highest BCUT2D eigenvalue weighted by Gasteiger charge is 2.17. The minimum Gasteiger partial charge on any atom is -0.336 e. The number of nitrogens with zero attached hydrogens (tertiary/aromatic N) is 6. The van der Waals surface area contributed by atoms with Crippen LogP contribution in [-0.4, -0.2) is 46.6 Å². The van der Waals surface area contributed by atoms with E-state index in [0.29, 0.717) is 5.82 Å².